The second-order valence-corrected chi connectivity index (χ2v) is 6.10. The first kappa shape index (κ1) is 15.4. The molecule has 4 heteroatoms. The van der Waals surface area contributed by atoms with E-state index < -0.39 is 0 Å². The van der Waals surface area contributed by atoms with Gasteiger partial charge in [-0.25, -0.2) is 0 Å². The first-order valence-corrected chi connectivity index (χ1v) is 8.47. The Morgan fingerprint density at radius 2 is 1.00 bits per heavy atom. The Bertz CT molecular complexity index is 984. The number of benzene rings is 3. The minimum absolute atomic E-state index is 1.11. The van der Waals surface area contributed by atoms with Crippen LogP contribution in [0.1, 0.15) is 0 Å². The average molecular weight is 330 g/mol. The van der Waals surface area contributed by atoms with Gasteiger partial charge in [-0.2, -0.15) is 0 Å². The summed E-state index contributed by atoms with van der Waals surface area (Å²) < 4.78 is 2.33. The molecule has 3 aromatic carbocycles. The number of aromatic nitrogens is 1. The van der Waals surface area contributed by atoms with Crippen LogP contribution in [-0.4, -0.2) is 25.7 Å². The Balaban J connectivity index is 2.08. The van der Waals surface area contributed by atoms with Crippen LogP contribution < -0.4 is 16.0 Å². The molecule has 0 atom stereocenters. The van der Waals surface area contributed by atoms with Gasteiger partial charge in [-0.05, 0) is 48.5 Å². The van der Waals surface area contributed by atoms with Crippen molar-refractivity contribution in [3.8, 4) is 5.69 Å². The van der Waals surface area contributed by atoms with Crippen molar-refractivity contribution < 1.29 is 0 Å². The summed E-state index contributed by atoms with van der Waals surface area (Å²) in [5.74, 6) is 0. The van der Waals surface area contributed by atoms with Gasteiger partial charge in [-0.15, -0.1) is 0 Å². The van der Waals surface area contributed by atoms with E-state index in [-0.39, 0.29) is 0 Å². The Labute approximate surface area is 147 Å². The minimum Gasteiger partial charge on any atom is -0.388 e. The zero-order chi connectivity index (χ0) is 17.4. The van der Waals surface area contributed by atoms with Gasteiger partial charge in [0.25, 0.3) is 0 Å². The molecule has 0 unspecified atom stereocenters. The van der Waals surface area contributed by atoms with Crippen LogP contribution in [-0.2, 0) is 0 Å². The van der Waals surface area contributed by atoms with Crippen LogP contribution in [0.2, 0.25) is 0 Å². The zero-order valence-corrected chi connectivity index (χ0v) is 14.7. The van der Waals surface area contributed by atoms with Gasteiger partial charge in [0.05, 0.1) is 11.0 Å². The van der Waals surface area contributed by atoms with E-state index >= 15 is 0 Å². The SMILES string of the molecule is CNc1ccc(-n2c3cc(NC)ccc3c3ccc(NC)cc32)cc1. The number of hydrogen-bond acceptors (Lipinski definition) is 3. The van der Waals surface area contributed by atoms with Crippen LogP contribution in [0.5, 0.6) is 0 Å². The van der Waals surface area contributed by atoms with Crippen molar-refractivity contribution in [3.05, 3.63) is 60.7 Å². The van der Waals surface area contributed by atoms with Crippen LogP contribution >= 0.6 is 0 Å². The summed E-state index contributed by atoms with van der Waals surface area (Å²) in [4.78, 5) is 0. The summed E-state index contributed by atoms with van der Waals surface area (Å²) in [7, 11) is 5.85. The fourth-order valence-electron chi connectivity index (χ4n) is 3.38. The smallest absolute Gasteiger partial charge is 0.0561 e. The van der Waals surface area contributed by atoms with Crippen molar-refractivity contribution in [2.45, 2.75) is 0 Å². The van der Waals surface area contributed by atoms with Gasteiger partial charge in [0.1, 0.15) is 0 Å². The van der Waals surface area contributed by atoms with Crippen molar-refractivity contribution in [3.63, 3.8) is 0 Å². The summed E-state index contributed by atoms with van der Waals surface area (Å²) in [5.41, 5.74) is 6.88. The average Bonchev–Trinajstić information content (AvgIpc) is 3.00. The molecule has 126 valence electrons. The number of nitrogens with one attached hydrogen (secondary N) is 3. The Kier molecular flexibility index (Phi) is 3.73. The quantitative estimate of drug-likeness (QED) is 0.498. The molecule has 0 saturated heterocycles. The molecule has 0 saturated carbocycles. The van der Waals surface area contributed by atoms with E-state index in [1.165, 1.54) is 21.8 Å². The highest BCUT2D eigenvalue weighted by Crippen LogP contribution is 2.35. The molecule has 3 N–H and O–H groups in total. The topological polar surface area (TPSA) is 41.0 Å². The fraction of sp³-hybridized carbons (Fsp3) is 0.143. The van der Waals surface area contributed by atoms with E-state index in [0.717, 1.165) is 22.7 Å². The Hall–Kier alpha value is -3.14. The number of hydrogen-bond donors (Lipinski definition) is 3. The maximum absolute atomic E-state index is 3.25. The van der Waals surface area contributed by atoms with E-state index in [0.29, 0.717) is 0 Å². The van der Waals surface area contributed by atoms with Crippen LogP contribution in [0.15, 0.2) is 60.7 Å². The standard InChI is InChI=1S/C21H22N4/c1-22-14-4-8-17(9-5-14)25-20-12-15(23-2)6-10-18(20)19-11-7-16(24-3)13-21(19)25/h4-13,22-24H,1-3H3. The lowest BCUT2D eigenvalue weighted by Gasteiger charge is -2.10. The van der Waals surface area contributed by atoms with E-state index in [2.05, 4.69) is 81.2 Å². The van der Waals surface area contributed by atoms with Crippen LogP contribution in [0.25, 0.3) is 27.5 Å². The third-order valence-electron chi connectivity index (χ3n) is 4.76. The van der Waals surface area contributed by atoms with E-state index in [9.17, 15) is 0 Å². The van der Waals surface area contributed by atoms with Crippen LogP contribution in [0, 0.1) is 0 Å². The van der Waals surface area contributed by atoms with E-state index in [1.807, 2.05) is 21.1 Å². The van der Waals surface area contributed by atoms with Crippen molar-refractivity contribution in [2.75, 3.05) is 37.1 Å². The third-order valence-corrected chi connectivity index (χ3v) is 4.76. The molecular formula is C21H22N4. The van der Waals surface area contributed by atoms with Crippen LogP contribution in [0.3, 0.4) is 0 Å². The van der Waals surface area contributed by atoms with Gasteiger partial charge >= 0.3 is 0 Å². The maximum Gasteiger partial charge on any atom is 0.0561 e. The Morgan fingerprint density at radius 1 is 0.560 bits per heavy atom. The maximum atomic E-state index is 3.25. The normalized spacial score (nSPS) is 11.0. The van der Waals surface area contributed by atoms with Crippen molar-refractivity contribution >= 4 is 38.9 Å². The molecule has 0 aliphatic carbocycles. The number of rotatable bonds is 4. The molecule has 4 nitrogen and oxygen atoms in total. The van der Waals surface area contributed by atoms with Gasteiger partial charge < -0.3 is 20.5 Å². The molecule has 0 radical (unpaired) electrons. The lowest BCUT2D eigenvalue weighted by molar-refractivity contribution is 1.18. The molecule has 25 heavy (non-hydrogen) atoms. The van der Waals surface area contributed by atoms with Crippen molar-refractivity contribution in [2.24, 2.45) is 0 Å². The predicted octanol–water partition coefficient (Wildman–Crippen LogP) is 4.91. The molecular weight excluding hydrogens is 308 g/mol. The summed E-state index contributed by atoms with van der Waals surface area (Å²) >= 11 is 0. The lowest BCUT2D eigenvalue weighted by atomic mass is 10.1. The van der Waals surface area contributed by atoms with Gasteiger partial charge in [0.15, 0.2) is 0 Å². The van der Waals surface area contributed by atoms with Gasteiger partial charge in [0, 0.05) is 54.7 Å². The molecule has 4 aromatic rings. The van der Waals surface area contributed by atoms with Crippen molar-refractivity contribution in [1.29, 1.82) is 0 Å². The molecule has 0 amide bonds. The largest absolute Gasteiger partial charge is 0.388 e. The highest BCUT2D eigenvalue weighted by atomic mass is 15.0. The minimum atomic E-state index is 1.11. The molecule has 1 aromatic heterocycles. The number of anilines is 3. The number of nitrogens with zero attached hydrogens (tertiary/aromatic N) is 1. The first-order valence-electron chi connectivity index (χ1n) is 8.47. The summed E-state index contributed by atoms with van der Waals surface area (Å²) in [6.45, 7) is 0. The monoisotopic (exact) mass is 330 g/mol. The van der Waals surface area contributed by atoms with E-state index in [4.69, 9.17) is 0 Å². The van der Waals surface area contributed by atoms with Gasteiger partial charge in [0.2, 0.25) is 0 Å². The summed E-state index contributed by atoms with van der Waals surface area (Å²) in [6.07, 6.45) is 0. The highest BCUT2D eigenvalue weighted by Gasteiger charge is 2.13. The molecule has 0 aliphatic rings. The molecule has 0 aliphatic heterocycles. The molecule has 1 heterocycles. The third kappa shape index (κ3) is 2.47. The molecule has 0 spiro atoms. The second-order valence-electron chi connectivity index (χ2n) is 6.10. The first-order chi connectivity index (χ1) is 12.2. The van der Waals surface area contributed by atoms with Crippen molar-refractivity contribution in [1.82, 2.24) is 4.57 Å². The van der Waals surface area contributed by atoms with Gasteiger partial charge in [-0.1, -0.05) is 12.1 Å². The lowest BCUT2D eigenvalue weighted by Crippen LogP contribution is -1.96. The molecule has 0 fully saturated rings. The van der Waals surface area contributed by atoms with Crippen LogP contribution in [0.4, 0.5) is 17.1 Å². The van der Waals surface area contributed by atoms with Gasteiger partial charge in [-0.3, -0.25) is 0 Å². The Morgan fingerprint density at radius 3 is 1.44 bits per heavy atom. The number of fused-ring (bicyclic) bond motifs is 3. The predicted molar refractivity (Wildman–Crippen MR) is 109 cm³/mol. The zero-order valence-electron chi connectivity index (χ0n) is 14.7. The molecule has 0 bridgehead atoms. The summed E-state index contributed by atoms with van der Waals surface area (Å²) in [6, 6.07) is 21.6. The highest BCUT2D eigenvalue weighted by molar-refractivity contribution is 6.10. The molecule has 4 rings (SSSR count). The fourth-order valence-corrected chi connectivity index (χ4v) is 3.38. The summed E-state index contributed by atoms with van der Waals surface area (Å²) in [5, 5.41) is 12.2. The van der Waals surface area contributed by atoms with E-state index in [1.54, 1.807) is 0 Å². The second kappa shape index (κ2) is 6.06.